The van der Waals surface area contributed by atoms with E-state index in [1.165, 1.54) is 15.9 Å². The number of hydrogen-bond acceptors (Lipinski definition) is 5. The van der Waals surface area contributed by atoms with Crippen LogP contribution in [0.2, 0.25) is 10.0 Å². The molecule has 1 aromatic carbocycles. The smallest absolute Gasteiger partial charge is 0.267 e. The number of carbonyl (C=O) groups is 1. The molecule has 0 fully saturated rings. The fourth-order valence-electron chi connectivity index (χ4n) is 2.36. The van der Waals surface area contributed by atoms with E-state index in [9.17, 15) is 9.59 Å². The van der Waals surface area contributed by atoms with Gasteiger partial charge in [0.15, 0.2) is 5.16 Å². The number of thioether (sulfide) groups is 1. The highest BCUT2D eigenvalue weighted by molar-refractivity contribution is 7.99. The standard InChI is InChI=1S/C16H13Cl2N3O2S2/c1-7-8(2)25-14-13(7)15(23)21(16(20-14)24-6-12(19)22)9-3-4-10(17)11(18)5-9/h3-5H,6H2,1-2H3,(H2,19,22). The van der Waals surface area contributed by atoms with E-state index in [-0.39, 0.29) is 11.3 Å². The van der Waals surface area contributed by atoms with Crippen molar-refractivity contribution < 1.29 is 4.79 Å². The van der Waals surface area contributed by atoms with Crippen molar-refractivity contribution in [2.45, 2.75) is 19.0 Å². The van der Waals surface area contributed by atoms with Gasteiger partial charge in [-0.3, -0.25) is 14.2 Å². The number of primary amides is 1. The van der Waals surface area contributed by atoms with Gasteiger partial charge in [-0.1, -0.05) is 35.0 Å². The van der Waals surface area contributed by atoms with Gasteiger partial charge in [0.25, 0.3) is 5.56 Å². The second-order valence-electron chi connectivity index (χ2n) is 5.35. The zero-order valence-corrected chi connectivity index (χ0v) is 16.4. The first-order valence-corrected chi connectivity index (χ1v) is 9.74. The summed E-state index contributed by atoms with van der Waals surface area (Å²) >= 11 is 14.6. The van der Waals surface area contributed by atoms with Gasteiger partial charge >= 0.3 is 0 Å². The third kappa shape index (κ3) is 3.42. The third-order valence-corrected chi connectivity index (χ3v) is 6.48. The molecule has 25 heavy (non-hydrogen) atoms. The minimum atomic E-state index is -0.487. The lowest BCUT2D eigenvalue weighted by molar-refractivity contribution is -0.115. The van der Waals surface area contributed by atoms with Crippen LogP contribution in [-0.4, -0.2) is 21.2 Å². The van der Waals surface area contributed by atoms with Gasteiger partial charge < -0.3 is 5.73 Å². The van der Waals surface area contributed by atoms with E-state index >= 15 is 0 Å². The Hall–Kier alpha value is -1.54. The Bertz CT molecular complexity index is 1060. The van der Waals surface area contributed by atoms with Crippen molar-refractivity contribution in [1.82, 2.24) is 9.55 Å². The maximum atomic E-state index is 13.1. The van der Waals surface area contributed by atoms with Crippen LogP contribution in [0, 0.1) is 13.8 Å². The predicted octanol–water partition coefficient (Wildman–Crippen LogP) is 3.95. The fraction of sp³-hybridized carbons (Fsp3) is 0.188. The van der Waals surface area contributed by atoms with E-state index in [1.54, 1.807) is 18.2 Å². The number of aryl methyl sites for hydroxylation is 2. The van der Waals surface area contributed by atoms with E-state index < -0.39 is 5.91 Å². The van der Waals surface area contributed by atoms with E-state index in [4.69, 9.17) is 28.9 Å². The van der Waals surface area contributed by atoms with Gasteiger partial charge in [-0.15, -0.1) is 11.3 Å². The number of carbonyl (C=O) groups excluding carboxylic acids is 1. The topological polar surface area (TPSA) is 78.0 Å². The van der Waals surface area contributed by atoms with Crippen LogP contribution in [0.25, 0.3) is 15.9 Å². The fourth-order valence-corrected chi connectivity index (χ4v) is 4.47. The van der Waals surface area contributed by atoms with Crippen LogP contribution in [-0.2, 0) is 4.79 Å². The number of rotatable bonds is 4. The van der Waals surface area contributed by atoms with Crippen molar-refractivity contribution in [3.63, 3.8) is 0 Å². The summed E-state index contributed by atoms with van der Waals surface area (Å²) in [5.41, 5.74) is 6.46. The Kier molecular flexibility index (Phi) is 5.11. The van der Waals surface area contributed by atoms with E-state index in [1.807, 2.05) is 13.8 Å². The summed E-state index contributed by atoms with van der Waals surface area (Å²) < 4.78 is 1.44. The number of halogens is 2. The molecule has 130 valence electrons. The molecule has 3 rings (SSSR count). The molecule has 2 aromatic heterocycles. The minimum absolute atomic E-state index is 0.0165. The van der Waals surface area contributed by atoms with Crippen LogP contribution in [0.4, 0.5) is 0 Å². The second kappa shape index (κ2) is 6.99. The molecule has 0 aliphatic heterocycles. The molecule has 0 unspecified atom stereocenters. The molecule has 3 aromatic rings. The number of thiophene rings is 1. The highest BCUT2D eigenvalue weighted by Crippen LogP contribution is 2.31. The number of nitrogens with two attached hydrogens (primary N) is 1. The van der Waals surface area contributed by atoms with Crippen molar-refractivity contribution in [1.29, 1.82) is 0 Å². The summed E-state index contributed by atoms with van der Waals surface area (Å²) in [6.07, 6.45) is 0. The highest BCUT2D eigenvalue weighted by Gasteiger charge is 2.19. The maximum Gasteiger partial charge on any atom is 0.267 e. The molecule has 2 heterocycles. The van der Waals surface area contributed by atoms with E-state index in [0.717, 1.165) is 22.2 Å². The Morgan fingerprint density at radius 2 is 2.04 bits per heavy atom. The Labute approximate surface area is 161 Å². The average Bonchev–Trinajstić information content (AvgIpc) is 2.83. The summed E-state index contributed by atoms with van der Waals surface area (Å²) in [7, 11) is 0. The number of aromatic nitrogens is 2. The molecule has 0 saturated heterocycles. The van der Waals surface area contributed by atoms with Crippen molar-refractivity contribution in [2.75, 3.05) is 5.75 Å². The SMILES string of the molecule is Cc1sc2nc(SCC(N)=O)n(-c3ccc(Cl)c(Cl)c3)c(=O)c2c1C. The lowest BCUT2D eigenvalue weighted by Gasteiger charge is -2.12. The molecule has 0 aliphatic rings. The van der Waals surface area contributed by atoms with Crippen LogP contribution >= 0.6 is 46.3 Å². The number of amides is 1. The summed E-state index contributed by atoms with van der Waals surface area (Å²) in [6, 6.07) is 4.90. The van der Waals surface area contributed by atoms with Crippen LogP contribution in [0.1, 0.15) is 10.4 Å². The first kappa shape index (κ1) is 18.3. The van der Waals surface area contributed by atoms with Gasteiger partial charge in [-0.2, -0.15) is 0 Å². The van der Waals surface area contributed by atoms with Gasteiger partial charge in [0.05, 0.1) is 26.9 Å². The van der Waals surface area contributed by atoms with Crippen molar-refractivity contribution in [3.05, 3.63) is 49.0 Å². The van der Waals surface area contributed by atoms with Crippen LogP contribution < -0.4 is 11.3 Å². The van der Waals surface area contributed by atoms with Crippen molar-refractivity contribution in [2.24, 2.45) is 5.73 Å². The van der Waals surface area contributed by atoms with Crippen molar-refractivity contribution >= 4 is 62.4 Å². The van der Waals surface area contributed by atoms with E-state index in [0.29, 0.717) is 31.1 Å². The molecule has 0 radical (unpaired) electrons. The summed E-state index contributed by atoms with van der Waals surface area (Å²) in [5, 5.41) is 1.67. The summed E-state index contributed by atoms with van der Waals surface area (Å²) in [4.78, 5) is 30.6. The first-order valence-electron chi connectivity index (χ1n) is 7.19. The first-order chi connectivity index (χ1) is 11.8. The molecule has 5 nitrogen and oxygen atoms in total. The number of fused-ring (bicyclic) bond motifs is 1. The van der Waals surface area contributed by atoms with Gasteiger partial charge in [0, 0.05) is 4.88 Å². The van der Waals surface area contributed by atoms with Gasteiger partial charge in [-0.05, 0) is 37.6 Å². The summed E-state index contributed by atoms with van der Waals surface area (Å²) in [5.74, 6) is -0.471. The molecule has 0 spiro atoms. The number of nitrogens with zero attached hydrogens (tertiary/aromatic N) is 2. The Morgan fingerprint density at radius 1 is 1.32 bits per heavy atom. The quantitative estimate of drug-likeness (QED) is 0.518. The highest BCUT2D eigenvalue weighted by atomic mass is 35.5. The monoisotopic (exact) mass is 413 g/mol. The molecule has 9 heteroatoms. The predicted molar refractivity (Wildman–Crippen MR) is 105 cm³/mol. The Balaban J connectivity index is 2.32. The molecule has 0 atom stereocenters. The van der Waals surface area contributed by atoms with E-state index in [2.05, 4.69) is 4.98 Å². The van der Waals surface area contributed by atoms with Crippen LogP contribution in [0.5, 0.6) is 0 Å². The largest absolute Gasteiger partial charge is 0.369 e. The Morgan fingerprint density at radius 3 is 2.68 bits per heavy atom. The van der Waals surface area contributed by atoms with Crippen molar-refractivity contribution in [3.8, 4) is 5.69 Å². The molecule has 0 bridgehead atoms. The molecule has 1 amide bonds. The lowest BCUT2D eigenvalue weighted by Crippen LogP contribution is -2.23. The number of hydrogen-bond donors (Lipinski definition) is 1. The average molecular weight is 414 g/mol. The van der Waals surface area contributed by atoms with Crippen LogP contribution in [0.3, 0.4) is 0 Å². The summed E-state index contributed by atoms with van der Waals surface area (Å²) in [6.45, 7) is 3.84. The third-order valence-electron chi connectivity index (χ3n) is 3.68. The second-order valence-corrected chi connectivity index (χ2v) is 8.31. The van der Waals surface area contributed by atoms with Crippen LogP contribution in [0.15, 0.2) is 28.2 Å². The zero-order chi connectivity index (χ0) is 18.3. The van der Waals surface area contributed by atoms with Gasteiger partial charge in [0.2, 0.25) is 5.91 Å². The molecule has 0 aliphatic carbocycles. The maximum absolute atomic E-state index is 13.1. The number of benzene rings is 1. The zero-order valence-electron chi connectivity index (χ0n) is 13.3. The lowest BCUT2D eigenvalue weighted by atomic mass is 10.2. The van der Waals surface area contributed by atoms with Gasteiger partial charge in [-0.25, -0.2) is 4.98 Å². The molecular formula is C16H13Cl2N3O2S2. The molecular weight excluding hydrogens is 401 g/mol. The molecule has 0 saturated carbocycles. The normalized spacial score (nSPS) is 11.2. The molecule has 2 N–H and O–H groups in total. The van der Waals surface area contributed by atoms with Gasteiger partial charge in [0.1, 0.15) is 4.83 Å². The minimum Gasteiger partial charge on any atom is -0.369 e.